The van der Waals surface area contributed by atoms with Crippen LogP contribution in [0.5, 0.6) is 0 Å². The summed E-state index contributed by atoms with van der Waals surface area (Å²) < 4.78 is 5.28. The Balaban J connectivity index is 1.70. The van der Waals surface area contributed by atoms with Crippen LogP contribution in [0.3, 0.4) is 0 Å². The molecule has 5 nitrogen and oxygen atoms in total. The highest BCUT2D eigenvalue weighted by Crippen LogP contribution is 2.19. The molecule has 19 heavy (non-hydrogen) atoms. The van der Waals surface area contributed by atoms with Gasteiger partial charge in [-0.2, -0.15) is 4.98 Å². The Bertz CT molecular complexity index is 519. The van der Waals surface area contributed by atoms with Gasteiger partial charge >= 0.3 is 0 Å². The van der Waals surface area contributed by atoms with Gasteiger partial charge in [0.25, 0.3) is 5.89 Å². The lowest BCUT2D eigenvalue weighted by molar-refractivity contribution is 0.306. The monoisotopic (exact) mass is 258 g/mol. The third-order valence-corrected chi connectivity index (χ3v) is 3.45. The van der Waals surface area contributed by atoms with Gasteiger partial charge < -0.3 is 15.2 Å². The first-order chi connectivity index (χ1) is 9.33. The van der Waals surface area contributed by atoms with Crippen LogP contribution in [0.15, 0.2) is 34.9 Å². The highest BCUT2D eigenvalue weighted by Gasteiger charge is 2.20. The maximum Gasteiger partial charge on any atom is 0.257 e. The number of benzene rings is 1. The van der Waals surface area contributed by atoms with Crippen LogP contribution in [0.2, 0.25) is 0 Å². The average molecular weight is 258 g/mol. The molecule has 2 aromatic rings. The zero-order valence-electron chi connectivity index (χ0n) is 10.8. The first-order valence-corrected chi connectivity index (χ1v) is 6.70. The van der Waals surface area contributed by atoms with Gasteiger partial charge in [-0.25, -0.2) is 0 Å². The predicted octanol–water partition coefficient (Wildman–Crippen LogP) is 1.83. The summed E-state index contributed by atoms with van der Waals surface area (Å²) in [5, 5.41) is 4.00. The molecule has 1 aromatic carbocycles. The topological polar surface area (TPSA) is 68.2 Å². The van der Waals surface area contributed by atoms with Gasteiger partial charge in [0.15, 0.2) is 5.82 Å². The molecule has 0 aliphatic carbocycles. The number of nitrogens with two attached hydrogens (primary N) is 1. The fraction of sp³-hybridized carbons (Fsp3) is 0.429. The van der Waals surface area contributed by atoms with Gasteiger partial charge in [0.05, 0.1) is 6.04 Å². The Hall–Kier alpha value is -1.72. The fourth-order valence-corrected chi connectivity index (χ4v) is 2.41. The van der Waals surface area contributed by atoms with E-state index in [0.717, 1.165) is 25.2 Å². The fourth-order valence-electron chi connectivity index (χ4n) is 2.41. The van der Waals surface area contributed by atoms with Crippen LogP contribution in [0, 0.1) is 0 Å². The minimum atomic E-state index is -0.181. The van der Waals surface area contributed by atoms with Crippen molar-refractivity contribution in [3.63, 3.8) is 0 Å². The van der Waals surface area contributed by atoms with Crippen LogP contribution in [0.1, 0.15) is 24.7 Å². The summed E-state index contributed by atoms with van der Waals surface area (Å²) in [5.41, 5.74) is 7.07. The maximum absolute atomic E-state index is 6.14. The maximum atomic E-state index is 6.14. The van der Waals surface area contributed by atoms with Crippen molar-refractivity contribution in [2.24, 2.45) is 5.73 Å². The van der Waals surface area contributed by atoms with Crippen LogP contribution in [0.4, 0.5) is 0 Å². The quantitative estimate of drug-likeness (QED) is 0.906. The van der Waals surface area contributed by atoms with Crippen molar-refractivity contribution in [3.8, 4) is 11.5 Å². The molecule has 1 atom stereocenters. The molecule has 2 N–H and O–H groups in total. The van der Waals surface area contributed by atoms with Gasteiger partial charge in [0.2, 0.25) is 0 Å². The van der Waals surface area contributed by atoms with E-state index in [2.05, 4.69) is 15.0 Å². The van der Waals surface area contributed by atoms with Crippen molar-refractivity contribution in [1.29, 1.82) is 0 Å². The molecule has 1 fully saturated rings. The molecule has 100 valence electrons. The molecular formula is C14H18N4O. The summed E-state index contributed by atoms with van der Waals surface area (Å²) in [6, 6.07) is 9.57. The van der Waals surface area contributed by atoms with E-state index in [1.807, 2.05) is 30.3 Å². The summed E-state index contributed by atoms with van der Waals surface area (Å²) in [6.45, 7) is 3.04. The minimum absolute atomic E-state index is 0.181. The molecule has 1 unspecified atom stereocenters. The Morgan fingerprint density at radius 1 is 1.21 bits per heavy atom. The van der Waals surface area contributed by atoms with Crippen LogP contribution in [-0.2, 0) is 0 Å². The van der Waals surface area contributed by atoms with Crippen LogP contribution >= 0.6 is 0 Å². The smallest absolute Gasteiger partial charge is 0.257 e. The second-order valence-electron chi connectivity index (χ2n) is 4.94. The molecule has 0 spiro atoms. The molecule has 0 radical (unpaired) electrons. The van der Waals surface area contributed by atoms with Gasteiger partial charge in [-0.1, -0.05) is 23.4 Å². The second kappa shape index (κ2) is 5.50. The third-order valence-electron chi connectivity index (χ3n) is 3.45. The summed E-state index contributed by atoms with van der Waals surface area (Å²) >= 11 is 0. The number of likely N-dealkylation sites (tertiary alicyclic amines) is 1. The number of hydrogen-bond donors (Lipinski definition) is 1. The van der Waals surface area contributed by atoms with E-state index in [1.165, 1.54) is 12.8 Å². The molecule has 2 heterocycles. The summed E-state index contributed by atoms with van der Waals surface area (Å²) in [6.07, 6.45) is 2.52. The second-order valence-corrected chi connectivity index (χ2v) is 4.94. The Kier molecular flexibility index (Phi) is 3.57. The number of nitrogens with zero attached hydrogens (tertiary/aromatic N) is 3. The van der Waals surface area contributed by atoms with Crippen molar-refractivity contribution < 1.29 is 4.52 Å². The van der Waals surface area contributed by atoms with Gasteiger partial charge in [-0.3, -0.25) is 0 Å². The van der Waals surface area contributed by atoms with Crippen LogP contribution in [-0.4, -0.2) is 34.7 Å². The molecule has 0 bridgehead atoms. The Morgan fingerprint density at radius 2 is 1.95 bits per heavy atom. The van der Waals surface area contributed by atoms with E-state index in [0.29, 0.717) is 11.7 Å². The van der Waals surface area contributed by atoms with Gasteiger partial charge in [-0.05, 0) is 38.1 Å². The standard InChI is InChI=1S/C14H18N4O/c15-12(10-18-8-4-5-9-18)13-16-14(19-17-13)11-6-2-1-3-7-11/h1-3,6-7,12H,4-5,8-10,15H2. The van der Waals surface area contributed by atoms with Crippen molar-refractivity contribution in [3.05, 3.63) is 36.2 Å². The van der Waals surface area contributed by atoms with Crippen molar-refractivity contribution in [2.45, 2.75) is 18.9 Å². The predicted molar refractivity (Wildman–Crippen MR) is 72.3 cm³/mol. The third kappa shape index (κ3) is 2.83. The lowest BCUT2D eigenvalue weighted by Crippen LogP contribution is -2.30. The molecular weight excluding hydrogens is 240 g/mol. The van der Waals surface area contributed by atoms with Crippen LogP contribution < -0.4 is 5.73 Å². The SMILES string of the molecule is NC(CN1CCCC1)c1noc(-c2ccccc2)n1. The largest absolute Gasteiger partial charge is 0.334 e. The van der Waals surface area contributed by atoms with E-state index < -0.39 is 0 Å². The lowest BCUT2D eigenvalue weighted by Gasteiger charge is -2.17. The van der Waals surface area contributed by atoms with Gasteiger partial charge in [0, 0.05) is 12.1 Å². The summed E-state index contributed by atoms with van der Waals surface area (Å²) in [4.78, 5) is 6.74. The molecule has 1 aromatic heterocycles. The van der Waals surface area contributed by atoms with Gasteiger partial charge in [-0.15, -0.1) is 0 Å². The highest BCUT2D eigenvalue weighted by molar-refractivity contribution is 5.52. The van der Waals surface area contributed by atoms with Crippen molar-refractivity contribution in [1.82, 2.24) is 15.0 Å². The van der Waals surface area contributed by atoms with E-state index in [1.54, 1.807) is 0 Å². The van der Waals surface area contributed by atoms with E-state index in [-0.39, 0.29) is 6.04 Å². The summed E-state index contributed by atoms with van der Waals surface area (Å²) in [7, 11) is 0. The van der Waals surface area contributed by atoms with E-state index in [4.69, 9.17) is 10.3 Å². The van der Waals surface area contributed by atoms with Gasteiger partial charge in [0.1, 0.15) is 0 Å². The minimum Gasteiger partial charge on any atom is -0.334 e. The molecule has 1 aliphatic heterocycles. The Morgan fingerprint density at radius 3 is 2.68 bits per heavy atom. The molecule has 3 rings (SSSR count). The van der Waals surface area contributed by atoms with Crippen molar-refractivity contribution >= 4 is 0 Å². The van der Waals surface area contributed by atoms with E-state index >= 15 is 0 Å². The molecule has 0 saturated carbocycles. The lowest BCUT2D eigenvalue weighted by atomic mass is 10.2. The first kappa shape index (κ1) is 12.3. The zero-order valence-corrected chi connectivity index (χ0v) is 10.8. The number of hydrogen-bond acceptors (Lipinski definition) is 5. The summed E-state index contributed by atoms with van der Waals surface area (Å²) in [5.74, 6) is 1.12. The van der Waals surface area contributed by atoms with Crippen molar-refractivity contribution in [2.75, 3.05) is 19.6 Å². The molecule has 5 heteroatoms. The molecule has 1 aliphatic rings. The average Bonchev–Trinajstić information content (AvgIpc) is 3.10. The highest BCUT2D eigenvalue weighted by atomic mass is 16.5. The van der Waals surface area contributed by atoms with Crippen LogP contribution in [0.25, 0.3) is 11.5 Å². The van der Waals surface area contributed by atoms with E-state index in [9.17, 15) is 0 Å². The number of aromatic nitrogens is 2. The Labute approximate surface area is 112 Å². The number of rotatable bonds is 4. The first-order valence-electron chi connectivity index (χ1n) is 6.70. The zero-order chi connectivity index (χ0) is 13.1. The normalized spacial score (nSPS) is 17.7. The molecule has 0 amide bonds. The molecule has 1 saturated heterocycles.